The SMILES string of the molecule is CCN(CCOC(=O)c1cc(OCc2ccco2)cc(OCc2ccco2)c1)c1ccc(/C=C/c2sc(/C=C/C3=C(C#N)C(=C(C#N)C#N)OC3(C)C(F)(F)F)cc2COC(=O)c2cc(OCc3ccco3)cc(OCc3ccco3)c2)cc1. The van der Waals surface area contributed by atoms with Crippen molar-refractivity contribution in [2.45, 2.75) is 58.7 Å². The number of esters is 2. The Morgan fingerprint density at radius 1 is 0.631 bits per heavy atom. The van der Waals surface area contributed by atoms with Crippen molar-refractivity contribution in [1.82, 2.24) is 0 Å². The molecule has 0 bridgehead atoms. The van der Waals surface area contributed by atoms with E-state index >= 15 is 0 Å². The Morgan fingerprint density at radius 2 is 1.12 bits per heavy atom. The van der Waals surface area contributed by atoms with Crippen LogP contribution in [0.4, 0.5) is 18.9 Å². The lowest BCUT2D eigenvalue weighted by Gasteiger charge is -2.28. The maximum Gasteiger partial charge on any atom is 0.432 e. The molecule has 0 amide bonds. The molecule has 17 nitrogen and oxygen atoms in total. The highest BCUT2D eigenvalue weighted by atomic mass is 32.1. The second-order valence-corrected chi connectivity index (χ2v) is 19.5. The Labute approximate surface area is 483 Å². The van der Waals surface area contributed by atoms with Crippen LogP contribution < -0.4 is 23.8 Å². The molecule has 8 aromatic rings. The number of alkyl halides is 3. The third-order valence-corrected chi connectivity index (χ3v) is 13.9. The smallest absolute Gasteiger partial charge is 0.432 e. The number of ether oxygens (including phenoxy) is 7. The van der Waals surface area contributed by atoms with Crippen LogP contribution in [0.3, 0.4) is 0 Å². The number of nitrogens with zero attached hydrogens (tertiary/aromatic N) is 4. The summed E-state index contributed by atoms with van der Waals surface area (Å²) in [5, 5.41) is 29.1. The average molecular weight is 1160 g/mol. The summed E-state index contributed by atoms with van der Waals surface area (Å²) in [6.07, 6.45) is 6.97. The number of carbonyl (C=O) groups excluding carboxylic acids is 2. The van der Waals surface area contributed by atoms with Crippen LogP contribution in [0.1, 0.15) is 78.5 Å². The maximum atomic E-state index is 14.7. The standard InChI is InChI=1S/C63H49F3N4O13S/c1-3-70(20-25-77-60(71)42-26-51(78-37-47-8-4-21-73-47)31-52(27-42)79-38-48-9-5-22-74-48)46-15-12-41(13-16-46)14-19-58-44(30-55(84-58)17-18-57-56(35-69)59(45(33-67)34-68)83-62(57,2)63(64,65)66)36-82-61(72)43-28-53(80-39-49-10-6-23-75-49)32-54(29-43)81-40-50-11-7-24-76-50/h4-19,21-24,26-32H,3,20,25,36-40H2,1-2H3/b18-17+,19-14+. The lowest BCUT2D eigenvalue weighted by atomic mass is 9.92. The van der Waals surface area contributed by atoms with E-state index in [0.29, 0.717) is 69.9 Å². The van der Waals surface area contributed by atoms with Gasteiger partial charge in [-0.15, -0.1) is 11.3 Å². The van der Waals surface area contributed by atoms with E-state index in [2.05, 4.69) is 0 Å². The predicted molar refractivity (Wildman–Crippen MR) is 297 cm³/mol. The topological polar surface area (TPSA) is 226 Å². The van der Waals surface area contributed by atoms with Crippen LogP contribution in [0.2, 0.25) is 0 Å². The van der Waals surface area contributed by atoms with Gasteiger partial charge in [-0.1, -0.05) is 24.3 Å². The van der Waals surface area contributed by atoms with Crippen LogP contribution in [-0.4, -0.2) is 43.4 Å². The third-order valence-electron chi connectivity index (χ3n) is 12.8. The van der Waals surface area contributed by atoms with Crippen LogP contribution in [-0.2, 0) is 47.2 Å². The number of hydrogen-bond donors (Lipinski definition) is 0. The summed E-state index contributed by atoms with van der Waals surface area (Å²) in [7, 11) is 0. The highest BCUT2D eigenvalue weighted by molar-refractivity contribution is 7.14. The lowest BCUT2D eigenvalue weighted by molar-refractivity contribution is -0.236. The van der Waals surface area contributed by atoms with Crippen molar-refractivity contribution in [2.24, 2.45) is 0 Å². The van der Waals surface area contributed by atoms with Gasteiger partial charge in [-0.3, -0.25) is 0 Å². The first-order chi connectivity index (χ1) is 40.7. The van der Waals surface area contributed by atoms with E-state index in [-0.39, 0.29) is 62.3 Å². The highest BCUT2D eigenvalue weighted by Crippen LogP contribution is 2.49. The molecule has 0 spiro atoms. The maximum absolute atomic E-state index is 14.7. The van der Waals surface area contributed by atoms with Crippen molar-refractivity contribution >= 4 is 47.2 Å². The van der Waals surface area contributed by atoms with Gasteiger partial charge in [0.1, 0.15) is 109 Å². The zero-order valence-electron chi connectivity index (χ0n) is 44.9. The Balaban J connectivity index is 0.927. The highest BCUT2D eigenvalue weighted by Gasteiger charge is 2.60. The molecule has 3 aromatic carbocycles. The molecular weight excluding hydrogens is 1110 g/mol. The number of nitriles is 3. The molecule has 0 radical (unpaired) electrons. The molecule has 1 unspecified atom stereocenters. The molecule has 1 aliphatic rings. The van der Waals surface area contributed by atoms with Gasteiger partial charge < -0.3 is 55.7 Å². The number of allylic oxidation sites excluding steroid dienone is 2. The molecule has 5 aromatic heterocycles. The normalized spacial score (nSPS) is 14.0. The monoisotopic (exact) mass is 1160 g/mol. The van der Waals surface area contributed by atoms with Gasteiger partial charge >= 0.3 is 18.1 Å². The average Bonchev–Trinajstić information content (AvgIpc) is 4.51. The third kappa shape index (κ3) is 14.5. The molecule has 21 heteroatoms. The summed E-state index contributed by atoms with van der Waals surface area (Å²) in [4.78, 5) is 30.4. The minimum Gasteiger partial charge on any atom is -0.485 e. The van der Waals surface area contributed by atoms with E-state index < -0.39 is 46.2 Å². The zero-order valence-corrected chi connectivity index (χ0v) is 45.7. The number of hydrogen-bond acceptors (Lipinski definition) is 18. The lowest BCUT2D eigenvalue weighted by Crippen LogP contribution is -2.43. The first-order valence-corrected chi connectivity index (χ1v) is 26.6. The van der Waals surface area contributed by atoms with Crippen LogP contribution in [0.25, 0.3) is 18.2 Å². The first-order valence-electron chi connectivity index (χ1n) is 25.8. The molecule has 0 saturated carbocycles. The van der Waals surface area contributed by atoms with Crippen LogP contribution in [0.15, 0.2) is 187 Å². The number of thiophene rings is 1. The summed E-state index contributed by atoms with van der Waals surface area (Å²) in [5.41, 5.74) is -2.79. The fourth-order valence-corrected chi connectivity index (χ4v) is 9.39. The number of rotatable bonds is 25. The Hall–Kier alpha value is -10.6. The van der Waals surface area contributed by atoms with Crippen LogP contribution >= 0.6 is 11.3 Å². The molecule has 6 heterocycles. The minimum absolute atomic E-state index is 0.0405. The second-order valence-electron chi connectivity index (χ2n) is 18.4. The summed E-state index contributed by atoms with van der Waals surface area (Å²) in [5.74, 6) is 1.40. The number of anilines is 1. The fourth-order valence-electron chi connectivity index (χ4n) is 8.41. The van der Waals surface area contributed by atoms with E-state index in [4.69, 9.17) is 50.8 Å². The van der Waals surface area contributed by atoms with Gasteiger partial charge in [0.05, 0.1) is 42.7 Å². The van der Waals surface area contributed by atoms with Gasteiger partial charge in [-0.2, -0.15) is 29.0 Å². The van der Waals surface area contributed by atoms with Gasteiger partial charge in [0.25, 0.3) is 0 Å². The fraction of sp³-hybridized carbons (Fsp3) is 0.190. The molecule has 426 valence electrons. The zero-order chi connectivity index (χ0) is 59.1. The molecule has 0 saturated heterocycles. The first kappa shape index (κ1) is 58.1. The van der Waals surface area contributed by atoms with Crippen molar-refractivity contribution in [1.29, 1.82) is 15.8 Å². The van der Waals surface area contributed by atoms with E-state index in [1.807, 2.05) is 36.1 Å². The summed E-state index contributed by atoms with van der Waals surface area (Å²) in [6.45, 7) is 3.66. The van der Waals surface area contributed by atoms with E-state index in [1.165, 1.54) is 55.4 Å². The number of benzene rings is 3. The number of likely N-dealkylation sites (N-methyl/N-ethyl adjacent to an activating group) is 1. The van der Waals surface area contributed by atoms with Crippen LogP contribution in [0, 0.1) is 34.0 Å². The van der Waals surface area contributed by atoms with Gasteiger partial charge in [-0.05, 0) is 123 Å². The van der Waals surface area contributed by atoms with Crippen LogP contribution in [0.5, 0.6) is 23.0 Å². The van der Waals surface area contributed by atoms with Crippen molar-refractivity contribution < 1.29 is 73.6 Å². The number of carbonyl (C=O) groups is 2. The number of furan rings is 4. The van der Waals surface area contributed by atoms with Gasteiger partial charge in [0.15, 0.2) is 11.3 Å². The van der Waals surface area contributed by atoms with Gasteiger partial charge in [0.2, 0.25) is 5.60 Å². The van der Waals surface area contributed by atoms with E-state index in [0.717, 1.165) is 28.7 Å². The molecule has 0 N–H and O–H groups in total. The Kier molecular flexibility index (Phi) is 18.5. The Morgan fingerprint density at radius 3 is 1.55 bits per heavy atom. The summed E-state index contributed by atoms with van der Waals surface area (Å²) >= 11 is 1.15. The summed E-state index contributed by atoms with van der Waals surface area (Å²) < 4.78 is 106. The van der Waals surface area contributed by atoms with E-state index in [1.54, 1.807) is 97.1 Å². The van der Waals surface area contributed by atoms with Crippen molar-refractivity contribution in [3.8, 4) is 41.2 Å². The van der Waals surface area contributed by atoms with Gasteiger partial charge in [0, 0.05) is 45.3 Å². The minimum atomic E-state index is -5.08. The van der Waals surface area contributed by atoms with Gasteiger partial charge in [-0.25, -0.2) is 9.59 Å². The van der Waals surface area contributed by atoms with Crippen molar-refractivity contribution in [3.05, 3.63) is 224 Å². The van der Waals surface area contributed by atoms with Crippen molar-refractivity contribution in [3.63, 3.8) is 0 Å². The van der Waals surface area contributed by atoms with Crippen molar-refractivity contribution in [2.75, 3.05) is 24.6 Å². The molecule has 0 aliphatic carbocycles. The second kappa shape index (κ2) is 26.8. The summed E-state index contributed by atoms with van der Waals surface area (Å²) in [6, 6.07) is 37.1. The quantitative estimate of drug-likeness (QED) is 0.0383. The molecule has 1 aliphatic heterocycles. The molecular formula is C63H49F3N4O13S. The molecule has 9 rings (SSSR count). The molecule has 0 fully saturated rings. The Bertz CT molecular complexity index is 3690. The molecule has 1 atom stereocenters. The number of halogens is 3. The van der Waals surface area contributed by atoms with E-state index in [9.17, 15) is 38.5 Å². The molecule has 84 heavy (non-hydrogen) atoms. The largest absolute Gasteiger partial charge is 0.485 e. The predicted octanol–water partition coefficient (Wildman–Crippen LogP) is 14.1.